The van der Waals surface area contributed by atoms with Gasteiger partial charge in [-0.05, 0) is 54.1 Å². The van der Waals surface area contributed by atoms with Crippen LogP contribution in [0.15, 0.2) is 77.1 Å². The van der Waals surface area contributed by atoms with Crippen molar-refractivity contribution in [3.05, 3.63) is 78.4 Å². The first-order chi connectivity index (χ1) is 16.7. The average molecular weight is 493 g/mol. The molecule has 172 valence electrons. The minimum absolute atomic E-state index is 0.0821. The lowest BCUT2D eigenvalue weighted by molar-refractivity contribution is -0.118. The van der Waals surface area contributed by atoms with Gasteiger partial charge >= 0.3 is 0 Å². The Hall–Kier alpha value is -3.76. The van der Waals surface area contributed by atoms with Crippen LogP contribution >= 0.6 is 23.1 Å². The van der Waals surface area contributed by atoms with Gasteiger partial charge in [-0.2, -0.15) is 0 Å². The normalized spacial score (nSPS) is 11.8. The van der Waals surface area contributed by atoms with Crippen LogP contribution in [0, 0.1) is 0 Å². The van der Waals surface area contributed by atoms with E-state index in [1.807, 2.05) is 72.8 Å². The van der Waals surface area contributed by atoms with E-state index in [4.69, 9.17) is 14.2 Å². The maximum Gasteiger partial charge on any atom is 0.231 e. The van der Waals surface area contributed by atoms with Crippen LogP contribution in [-0.4, -0.2) is 28.7 Å². The van der Waals surface area contributed by atoms with Gasteiger partial charge in [0.2, 0.25) is 17.8 Å². The summed E-state index contributed by atoms with van der Waals surface area (Å²) in [4.78, 5) is 12.2. The van der Waals surface area contributed by atoms with E-state index in [9.17, 15) is 4.79 Å². The highest BCUT2D eigenvalue weighted by Gasteiger charge is 2.14. The maximum absolute atomic E-state index is 12.2. The molecule has 2 N–H and O–H groups in total. The van der Waals surface area contributed by atoms with Crippen LogP contribution in [0.5, 0.6) is 23.0 Å². The van der Waals surface area contributed by atoms with Crippen LogP contribution < -0.4 is 24.8 Å². The Morgan fingerprint density at radius 2 is 1.76 bits per heavy atom. The number of hydrogen-bond donors (Lipinski definition) is 2. The number of fused-ring (bicyclic) bond motifs is 1. The highest BCUT2D eigenvalue weighted by atomic mass is 32.2. The Balaban J connectivity index is 1.07. The monoisotopic (exact) mass is 492 g/mol. The number of para-hydroxylation sites is 1. The summed E-state index contributed by atoms with van der Waals surface area (Å²) >= 11 is 2.74. The summed E-state index contributed by atoms with van der Waals surface area (Å²) in [5.74, 6) is 3.13. The van der Waals surface area contributed by atoms with Crippen LogP contribution in [0.3, 0.4) is 0 Å². The van der Waals surface area contributed by atoms with Crippen LogP contribution in [0.1, 0.15) is 5.56 Å². The Bertz CT molecular complexity index is 1270. The Morgan fingerprint density at radius 1 is 0.971 bits per heavy atom. The fourth-order valence-corrected chi connectivity index (χ4v) is 4.70. The van der Waals surface area contributed by atoms with Crippen molar-refractivity contribution < 1.29 is 19.0 Å². The number of hydrogen-bond acceptors (Lipinski definition) is 9. The van der Waals surface area contributed by atoms with Gasteiger partial charge < -0.3 is 24.8 Å². The minimum Gasteiger partial charge on any atom is -0.457 e. The molecule has 34 heavy (non-hydrogen) atoms. The topological polar surface area (TPSA) is 94.6 Å². The third-order valence-corrected chi connectivity index (χ3v) is 6.72. The first kappa shape index (κ1) is 22.1. The molecular formula is C24H20N4O4S2. The van der Waals surface area contributed by atoms with E-state index < -0.39 is 0 Å². The molecule has 1 aromatic heterocycles. The highest BCUT2D eigenvalue weighted by molar-refractivity contribution is 8.01. The maximum atomic E-state index is 12.2. The molecule has 1 aliphatic heterocycles. The Morgan fingerprint density at radius 3 is 2.62 bits per heavy atom. The number of nitrogens with zero attached hydrogens (tertiary/aromatic N) is 2. The summed E-state index contributed by atoms with van der Waals surface area (Å²) in [5, 5.41) is 15.1. The molecule has 3 aromatic carbocycles. The van der Waals surface area contributed by atoms with Crippen molar-refractivity contribution in [2.75, 3.05) is 17.9 Å². The number of carbonyl (C=O) groups is 1. The standard InChI is InChI=1S/C24H20N4O4S2/c29-22(25-13-16-6-11-20-21(12-16)31-15-30-20)14-33-24-28-27-23(34-24)26-17-7-9-19(10-8-17)32-18-4-2-1-3-5-18/h1-12H,13-15H2,(H,25,29)(H,26,27). The van der Waals surface area contributed by atoms with Crippen molar-refractivity contribution in [1.29, 1.82) is 0 Å². The minimum atomic E-state index is -0.0821. The van der Waals surface area contributed by atoms with Gasteiger partial charge in [0, 0.05) is 12.2 Å². The van der Waals surface area contributed by atoms with E-state index >= 15 is 0 Å². The summed E-state index contributed by atoms with van der Waals surface area (Å²) in [6.07, 6.45) is 0. The Kier molecular flexibility index (Phi) is 6.78. The van der Waals surface area contributed by atoms with Crippen LogP contribution in [-0.2, 0) is 11.3 Å². The largest absolute Gasteiger partial charge is 0.457 e. The Labute approximate surface area is 204 Å². The van der Waals surface area contributed by atoms with E-state index in [-0.39, 0.29) is 18.5 Å². The quantitative estimate of drug-likeness (QED) is 0.308. The molecular weight excluding hydrogens is 472 g/mol. The number of benzene rings is 3. The van der Waals surface area contributed by atoms with Crippen LogP contribution in [0.4, 0.5) is 10.8 Å². The molecule has 1 amide bonds. The van der Waals surface area contributed by atoms with Crippen molar-refractivity contribution in [1.82, 2.24) is 15.5 Å². The molecule has 1 aliphatic rings. The number of nitrogens with one attached hydrogen (secondary N) is 2. The molecule has 4 aromatic rings. The fraction of sp³-hybridized carbons (Fsp3) is 0.125. The number of thioether (sulfide) groups is 1. The number of aromatic nitrogens is 2. The summed E-state index contributed by atoms with van der Waals surface area (Å²) in [6.45, 7) is 0.650. The SMILES string of the molecule is O=C(CSc1nnc(Nc2ccc(Oc3ccccc3)cc2)s1)NCc1ccc2c(c1)OCO2. The number of carbonyl (C=O) groups excluding carboxylic acids is 1. The molecule has 8 nitrogen and oxygen atoms in total. The first-order valence-corrected chi connectivity index (χ1v) is 12.2. The molecule has 5 rings (SSSR count). The van der Waals surface area contributed by atoms with Crippen molar-refractivity contribution in [3.8, 4) is 23.0 Å². The van der Waals surface area contributed by atoms with Gasteiger partial charge in [0.05, 0.1) is 5.75 Å². The van der Waals surface area contributed by atoms with Gasteiger partial charge in [-0.15, -0.1) is 10.2 Å². The second-order valence-electron chi connectivity index (χ2n) is 7.19. The summed E-state index contributed by atoms with van der Waals surface area (Å²) in [6, 6.07) is 22.8. The number of amides is 1. The van der Waals surface area contributed by atoms with E-state index in [1.54, 1.807) is 0 Å². The fourth-order valence-electron chi connectivity index (χ4n) is 3.10. The van der Waals surface area contributed by atoms with Gasteiger partial charge in [-0.25, -0.2) is 0 Å². The molecule has 0 spiro atoms. The van der Waals surface area contributed by atoms with E-state index in [2.05, 4.69) is 20.8 Å². The van der Waals surface area contributed by atoms with Gasteiger partial charge in [0.15, 0.2) is 15.8 Å². The lowest BCUT2D eigenvalue weighted by Crippen LogP contribution is -2.24. The summed E-state index contributed by atoms with van der Waals surface area (Å²) < 4.78 is 17.2. The van der Waals surface area contributed by atoms with E-state index in [0.717, 1.165) is 28.5 Å². The van der Waals surface area contributed by atoms with Crippen molar-refractivity contribution in [2.45, 2.75) is 10.9 Å². The lowest BCUT2D eigenvalue weighted by atomic mass is 10.2. The number of rotatable bonds is 9. The van der Waals surface area contributed by atoms with Crippen molar-refractivity contribution >= 4 is 39.8 Å². The average Bonchev–Trinajstić information content (AvgIpc) is 3.52. The van der Waals surface area contributed by atoms with Gasteiger partial charge in [-0.1, -0.05) is 47.4 Å². The van der Waals surface area contributed by atoms with E-state index in [0.29, 0.717) is 21.8 Å². The lowest BCUT2D eigenvalue weighted by Gasteiger charge is -2.07. The van der Waals surface area contributed by atoms with Gasteiger partial charge in [0.1, 0.15) is 11.5 Å². The molecule has 0 radical (unpaired) electrons. The molecule has 0 fully saturated rings. The summed E-state index contributed by atoms with van der Waals surface area (Å²) in [7, 11) is 0. The molecule has 0 saturated carbocycles. The second kappa shape index (κ2) is 10.4. The second-order valence-corrected chi connectivity index (χ2v) is 9.39. The molecule has 10 heteroatoms. The summed E-state index contributed by atoms with van der Waals surface area (Å²) in [5.41, 5.74) is 1.82. The molecule has 0 bridgehead atoms. The zero-order valence-corrected chi connectivity index (χ0v) is 19.5. The molecule has 0 aliphatic carbocycles. The third-order valence-electron chi connectivity index (χ3n) is 4.74. The van der Waals surface area contributed by atoms with Gasteiger partial charge in [0.25, 0.3) is 0 Å². The predicted octanol–water partition coefficient (Wildman–Crippen LogP) is 5.21. The highest BCUT2D eigenvalue weighted by Crippen LogP contribution is 2.32. The number of ether oxygens (including phenoxy) is 3. The number of anilines is 2. The van der Waals surface area contributed by atoms with Crippen molar-refractivity contribution in [2.24, 2.45) is 0 Å². The molecule has 0 saturated heterocycles. The first-order valence-electron chi connectivity index (χ1n) is 10.4. The predicted molar refractivity (Wildman–Crippen MR) is 131 cm³/mol. The third kappa shape index (κ3) is 5.77. The molecule has 0 atom stereocenters. The zero-order chi connectivity index (χ0) is 23.2. The van der Waals surface area contributed by atoms with Crippen LogP contribution in [0.2, 0.25) is 0 Å². The smallest absolute Gasteiger partial charge is 0.231 e. The van der Waals surface area contributed by atoms with E-state index in [1.165, 1.54) is 23.1 Å². The van der Waals surface area contributed by atoms with Gasteiger partial charge in [-0.3, -0.25) is 4.79 Å². The van der Waals surface area contributed by atoms with Crippen molar-refractivity contribution in [3.63, 3.8) is 0 Å². The van der Waals surface area contributed by atoms with Crippen LogP contribution in [0.25, 0.3) is 0 Å². The molecule has 0 unspecified atom stereocenters. The zero-order valence-electron chi connectivity index (χ0n) is 17.9. The molecule has 2 heterocycles.